The van der Waals surface area contributed by atoms with Crippen molar-refractivity contribution in [2.45, 2.75) is 32.9 Å². The third-order valence-corrected chi connectivity index (χ3v) is 4.99. The van der Waals surface area contributed by atoms with Crippen molar-refractivity contribution >= 4 is 11.7 Å². The monoisotopic (exact) mass is 361 g/mol. The number of nitrogens with one attached hydrogen (secondary N) is 1. The highest BCUT2D eigenvalue weighted by atomic mass is 16.6. The van der Waals surface area contributed by atoms with Gasteiger partial charge in [-0.15, -0.1) is 0 Å². The molecule has 0 aliphatic carbocycles. The largest absolute Gasteiger partial charge is 0.434 e. The first-order valence-electron chi connectivity index (χ1n) is 9.08. The maximum absolute atomic E-state index is 12.6. The Morgan fingerprint density at radius 3 is 2.26 bits per heavy atom. The van der Waals surface area contributed by atoms with Gasteiger partial charge < -0.3 is 10.1 Å². The first-order chi connectivity index (χ1) is 12.9. The Balaban J connectivity index is 1.80. The van der Waals surface area contributed by atoms with Crippen molar-refractivity contribution in [1.29, 1.82) is 0 Å². The fourth-order valence-electron chi connectivity index (χ4n) is 3.64. The number of cyclic esters (lactones) is 1. The molecule has 1 aliphatic heterocycles. The molecule has 0 amide bonds. The smallest absolute Gasteiger partial charge is 0.314 e. The number of ether oxygens (including phenoxy) is 1. The maximum atomic E-state index is 12.6. The summed E-state index contributed by atoms with van der Waals surface area (Å²) in [6.07, 6.45) is 2.48. The second-order valence-electron chi connectivity index (χ2n) is 7.68. The number of hydrogen-bond donors (Lipinski definition) is 1. The normalized spacial score (nSPS) is 21.1. The van der Waals surface area contributed by atoms with Crippen LogP contribution >= 0.6 is 0 Å². The maximum Gasteiger partial charge on any atom is 0.314 e. The molecule has 0 radical (unpaired) electrons. The van der Waals surface area contributed by atoms with Gasteiger partial charge in [-0.2, -0.15) is 5.10 Å². The summed E-state index contributed by atoms with van der Waals surface area (Å²) in [4.78, 5) is 12.6. The Morgan fingerprint density at radius 1 is 1.04 bits per heavy atom. The van der Waals surface area contributed by atoms with Crippen molar-refractivity contribution in [3.63, 3.8) is 0 Å². The van der Waals surface area contributed by atoms with Gasteiger partial charge in [-0.1, -0.05) is 36.4 Å². The lowest BCUT2D eigenvalue weighted by Crippen LogP contribution is -2.35. The van der Waals surface area contributed by atoms with Crippen molar-refractivity contribution in [2.75, 3.05) is 5.32 Å². The summed E-state index contributed by atoms with van der Waals surface area (Å²) < 4.78 is 7.81. The summed E-state index contributed by atoms with van der Waals surface area (Å²) in [5, 5.41) is 8.14. The molecule has 2 heterocycles. The summed E-state index contributed by atoms with van der Waals surface area (Å²) in [6.45, 7) is 5.78. The van der Waals surface area contributed by atoms with Gasteiger partial charge in [0, 0.05) is 18.3 Å². The zero-order chi connectivity index (χ0) is 19.1. The molecule has 27 heavy (non-hydrogen) atoms. The van der Waals surface area contributed by atoms with E-state index < -0.39 is 11.1 Å². The molecular formula is C22H23N3O2. The quantitative estimate of drug-likeness (QED) is 0.699. The average Bonchev–Trinajstić information content (AvgIpc) is 3.15. The summed E-state index contributed by atoms with van der Waals surface area (Å²) in [5.74, 6) is -0.210. The van der Waals surface area contributed by atoms with Crippen LogP contribution in [0.15, 0.2) is 66.9 Å². The number of aromatic nitrogens is 2. The van der Waals surface area contributed by atoms with Crippen molar-refractivity contribution in [3.8, 4) is 5.69 Å². The molecule has 5 nitrogen and oxygen atoms in total. The Morgan fingerprint density at radius 2 is 1.67 bits per heavy atom. The predicted molar refractivity (Wildman–Crippen MR) is 105 cm³/mol. The van der Waals surface area contributed by atoms with Gasteiger partial charge in [0.2, 0.25) is 5.72 Å². The van der Waals surface area contributed by atoms with Crippen LogP contribution in [-0.2, 0) is 15.3 Å². The molecule has 5 heteroatoms. The van der Waals surface area contributed by atoms with E-state index in [-0.39, 0.29) is 5.97 Å². The van der Waals surface area contributed by atoms with E-state index in [1.54, 1.807) is 0 Å². The van der Waals surface area contributed by atoms with E-state index in [0.29, 0.717) is 6.42 Å². The Bertz CT molecular complexity index is 964. The number of benzene rings is 2. The Hall–Kier alpha value is -3.08. The molecule has 1 N–H and O–H groups in total. The zero-order valence-electron chi connectivity index (χ0n) is 15.8. The van der Waals surface area contributed by atoms with Crippen LogP contribution in [0.1, 0.15) is 31.5 Å². The third kappa shape index (κ3) is 3.10. The van der Waals surface area contributed by atoms with Crippen LogP contribution in [0.5, 0.6) is 0 Å². The van der Waals surface area contributed by atoms with Gasteiger partial charge in [0.1, 0.15) is 0 Å². The Kier molecular flexibility index (Phi) is 4.02. The number of rotatable bonds is 4. The summed E-state index contributed by atoms with van der Waals surface area (Å²) in [6, 6.07) is 19.7. The minimum absolute atomic E-state index is 0.210. The van der Waals surface area contributed by atoms with Crippen LogP contribution in [0.3, 0.4) is 0 Å². The molecule has 4 rings (SSSR count). The van der Waals surface area contributed by atoms with Crippen LogP contribution in [0.25, 0.3) is 5.69 Å². The van der Waals surface area contributed by atoms with Gasteiger partial charge in [-0.25, -0.2) is 4.68 Å². The van der Waals surface area contributed by atoms with E-state index in [1.807, 2.05) is 92.3 Å². The molecule has 2 aromatic carbocycles. The second-order valence-corrected chi connectivity index (χ2v) is 7.68. The number of anilines is 1. The Labute approximate surface area is 159 Å². The molecule has 1 saturated heterocycles. The highest BCUT2D eigenvalue weighted by molar-refractivity contribution is 5.80. The molecule has 1 unspecified atom stereocenters. The van der Waals surface area contributed by atoms with Gasteiger partial charge >= 0.3 is 5.97 Å². The third-order valence-electron chi connectivity index (χ3n) is 4.99. The summed E-state index contributed by atoms with van der Waals surface area (Å²) >= 11 is 0. The number of para-hydroxylation sites is 2. The molecule has 1 atom stereocenters. The number of esters is 1. The van der Waals surface area contributed by atoms with Crippen LogP contribution in [0.2, 0.25) is 0 Å². The van der Waals surface area contributed by atoms with Crippen molar-refractivity contribution in [3.05, 3.63) is 78.1 Å². The minimum Gasteiger partial charge on any atom is -0.434 e. The van der Waals surface area contributed by atoms with Gasteiger partial charge in [0.25, 0.3) is 0 Å². The fraction of sp³-hybridized carbons (Fsp3) is 0.273. The molecule has 0 saturated carbocycles. The second kappa shape index (κ2) is 6.27. The number of nitrogens with zero attached hydrogens (tertiary/aromatic N) is 2. The van der Waals surface area contributed by atoms with E-state index in [9.17, 15) is 4.79 Å². The number of aryl methyl sites for hydroxylation is 1. The molecule has 0 spiro atoms. The molecule has 0 bridgehead atoms. The number of carbonyl (C=O) groups is 1. The lowest BCUT2D eigenvalue weighted by molar-refractivity contribution is -0.152. The summed E-state index contributed by atoms with van der Waals surface area (Å²) in [7, 11) is 0. The van der Waals surface area contributed by atoms with Crippen LogP contribution in [0.4, 0.5) is 5.69 Å². The van der Waals surface area contributed by atoms with Crippen LogP contribution < -0.4 is 5.32 Å². The van der Waals surface area contributed by atoms with Crippen molar-refractivity contribution in [2.24, 2.45) is 5.41 Å². The lowest BCUT2D eigenvalue weighted by Gasteiger charge is -2.30. The van der Waals surface area contributed by atoms with Gasteiger partial charge in [0.05, 0.1) is 22.4 Å². The lowest BCUT2D eigenvalue weighted by atomic mass is 9.84. The molecule has 3 aromatic rings. The van der Waals surface area contributed by atoms with E-state index in [1.165, 1.54) is 0 Å². The predicted octanol–water partition coefficient (Wildman–Crippen LogP) is 4.42. The molecule has 1 aliphatic rings. The highest BCUT2D eigenvalue weighted by Gasteiger charge is 2.54. The van der Waals surface area contributed by atoms with Gasteiger partial charge in [-0.3, -0.25) is 4.79 Å². The first-order valence-corrected chi connectivity index (χ1v) is 9.08. The molecule has 1 fully saturated rings. The number of carbonyl (C=O) groups excluding carboxylic acids is 1. The molecular weight excluding hydrogens is 338 g/mol. The van der Waals surface area contributed by atoms with Crippen molar-refractivity contribution in [1.82, 2.24) is 9.78 Å². The topological polar surface area (TPSA) is 56.2 Å². The van der Waals surface area contributed by atoms with Crippen LogP contribution in [0, 0.1) is 12.3 Å². The van der Waals surface area contributed by atoms with Gasteiger partial charge in [-0.05, 0) is 45.0 Å². The van der Waals surface area contributed by atoms with E-state index in [0.717, 1.165) is 22.6 Å². The van der Waals surface area contributed by atoms with E-state index >= 15 is 0 Å². The highest BCUT2D eigenvalue weighted by Crippen LogP contribution is 2.47. The van der Waals surface area contributed by atoms with Crippen molar-refractivity contribution < 1.29 is 9.53 Å². The molecule has 138 valence electrons. The first kappa shape index (κ1) is 17.3. The SMILES string of the molecule is Cc1nn(-c2ccccc2)cc1C1(Nc2ccccc2)CC(C)(C)C(=O)O1. The fourth-order valence-corrected chi connectivity index (χ4v) is 3.64. The van der Waals surface area contributed by atoms with Crippen LogP contribution in [-0.4, -0.2) is 15.7 Å². The zero-order valence-corrected chi connectivity index (χ0v) is 15.8. The number of hydrogen-bond acceptors (Lipinski definition) is 4. The molecule has 1 aromatic heterocycles. The average molecular weight is 361 g/mol. The summed E-state index contributed by atoms with van der Waals surface area (Å²) in [5.41, 5.74) is 2.03. The van der Waals surface area contributed by atoms with E-state index in [4.69, 9.17) is 4.74 Å². The van der Waals surface area contributed by atoms with Gasteiger partial charge in [0.15, 0.2) is 0 Å². The standard InChI is InChI=1S/C22H23N3O2/c1-16-19(14-25(24-16)18-12-8-5-9-13-18)22(15-21(2,3)20(26)27-22)23-17-10-6-4-7-11-17/h4-14,23H,15H2,1-3H3. The minimum atomic E-state index is -0.945. The van der Waals surface area contributed by atoms with E-state index in [2.05, 4.69) is 10.4 Å².